The van der Waals surface area contributed by atoms with Crippen LogP contribution < -0.4 is 4.74 Å². The van der Waals surface area contributed by atoms with Crippen molar-refractivity contribution in [2.24, 2.45) is 0 Å². The first-order valence-electron chi connectivity index (χ1n) is 8.25. The summed E-state index contributed by atoms with van der Waals surface area (Å²) >= 11 is 0. The molecule has 1 heterocycles. The predicted octanol–water partition coefficient (Wildman–Crippen LogP) is 1.79. The van der Waals surface area contributed by atoms with Crippen LogP contribution in [0.2, 0.25) is 0 Å². The van der Waals surface area contributed by atoms with Crippen LogP contribution in [-0.4, -0.2) is 75.2 Å². The van der Waals surface area contributed by atoms with Crippen molar-refractivity contribution in [3.05, 3.63) is 35.9 Å². The molecule has 1 amide bonds. The third-order valence-corrected chi connectivity index (χ3v) is 4.94. The molecule has 1 aliphatic heterocycles. The van der Waals surface area contributed by atoms with Gasteiger partial charge in [0.05, 0.1) is 5.75 Å². The molecule has 0 radical (unpaired) electrons. The molecule has 10 heteroatoms. The number of para-hydroxylation sites is 1. The van der Waals surface area contributed by atoms with E-state index in [-0.39, 0.29) is 23.0 Å². The lowest BCUT2D eigenvalue weighted by atomic mass is 10.2. The highest BCUT2D eigenvalue weighted by atomic mass is 32.2. The second kappa shape index (κ2) is 8.75. The van der Waals surface area contributed by atoms with E-state index in [0.29, 0.717) is 32.7 Å². The lowest BCUT2D eigenvalue weighted by molar-refractivity contribution is -0.274. The highest BCUT2D eigenvalue weighted by Gasteiger charge is 2.31. The number of carbonyl (C=O) groups is 1. The second-order valence-corrected chi connectivity index (χ2v) is 8.48. The summed E-state index contributed by atoms with van der Waals surface area (Å²) < 4.78 is 63.6. The van der Waals surface area contributed by atoms with Gasteiger partial charge < -0.3 is 9.64 Å². The standard InChI is InChI=1S/C17H21F3N2O4S/c1-27(24,25)13-12-21-8-10-22(11-9-21)16(23)7-6-14-4-2-3-5-15(14)26-17(18,19)20/h2-7H,8-13H2,1H3/b7-6+. The van der Waals surface area contributed by atoms with Crippen molar-refractivity contribution in [1.82, 2.24) is 9.80 Å². The van der Waals surface area contributed by atoms with Gasteiger partial charge in [0.2, 0.25) is 5.91 Å². The van der Waals surface area contributed by atoms with Crippen molar-refractivity contribution >= 4 is 21.8 Å². The minimum absolute atomic E-state index is 0.0663. The molecule has 0 atom stereocenters. The number of amides is 1. The van der Waals surface area contributed by atoms with Crippen LogP contribution in [0.25, 0.3) is 6.08 Å². The zero-order valence-electron chi connectivity index (χ0n) is 14.8. The SMILES string of the molecule is CS(=O)(=O)CCN1CCN(C(=O)/C=C/c2ccccc2OC(F)(F)F)CC1. The summed E-state index contributed by atoms with van der Waals surface area (Å²) in [6.07, 6.45) is -1.13. The van der Waals surface area contributed by atoms with Crippen molar-refractivity contribution < 1.29 is 31.1 Å². The Hall–Kier alpha value is -2.07. The number of ether oxygens (including phenoxy) is 1. The van der Waals surface area contributed by atoms with Crippen LogP contribution in [0, 0.1) is 0 Å². The molecule has 27 heavy (non-hydrogen) atoms. The molecule has 0 aromatic heterocycles. The molecule has 150 valence electrons. The zero-order valence-corrected chi connectivity index (χ0v) is 15.6. The summed E-state index contributed by atoms with van der Waals surface area (Å²) in [5, 5.41) is 0. The van der Waals surface area contributed by atoms with Crippen molar-refractivity contribution in [3.63, 3.8) is 0 Å². The number of alkyl halides is 3. The average Bonchev–Trinajstić information content (AvgIpc) is 2.57. The molecule has 0 saturated carbocycles. The van der Waals surface area contributed by atoms with Crippen molar-refractivity contribution in [2.75, 3.05) is 44.7 Å². The van der Waals surface area contributed by atoms with Crippen LogP contribution >= 0.6 is 0 Å². The first-order chi connectivity index (χ1) is 12.5. The molecular weight excluding hydrogens is 385 g/mol. The van der Waals surface area contributed by atoms with Gasteiger partial charge >= 0.3 is 6.36 Å². The zero-order chi connectivity index (χ0) is 20.1. The Kier molecular flexibility index (Phi) is 6.88. The Balaban J connectivity index is 1.91. The van der Waals surface area contributed by atoms with Crippen LogP contribution in [0.15, 0.2) is 30.3 Å². The summed E-state index contributed by atoms with van der Waals surface area (Å²) in [7, 11) is -3.04. The summed E-state index contributed by atoms with van der Waals surface area (Å²) in [6.45, 7) is 2.35. The van der Waals surface area contributed by atoms with Gasteiger partial charge in [0.15, 0.2) is 0 Å². The molecule has 1 saturated heterocycles. The molecule has 1 fully saturated rings. The van der Waals surface area contributed by atoms with E-state index in [1.807, 2.05) is 4.90 Å². The summed E-state index contributed by atoms with van der Waals surface area (Å²) in [5.74, 6) is -0.629. The minimum atomic E-state index is -4.81. The lowest BCUT2D eigenvalue weighted by Crippen LogP contribution is -2.49. The van der Waals surface area contributed by atoms with Gasteiger partial charge in [0, 0.05) is 50.6 Å². The van der Waals surface area contributed by atoms with E-state index in [2.05, 4.69) is 4.74 Å². The van der Waals surface area contributed by atoms with Gasteiger partial charge in [0.1, 0.15) is 15.6 Å². The van der Waals surface area contributed by atoms with Crippen LogP contribution in [-0.2, 0) is 14.6 Å². The normalized spacial score (nSPS) is 16.7. The highest BCUT2D eigenvalue weighted by molar-refractivity contribution is 7.90. The van der Waals surface area contributed by atoms with Gasteiger partial charge in [-0.1, -0.05) is 18.2 Å². The molecule has 0 bridgehead atoms. The van der Waals surface area contributed by atoms with E-state index in [0.717, 1.165) is 0 Å². The number of nitrogens with zero attached hydrogens (tertiary/aromatic N) is 2. The number of carbonyl (C=O) groups excluding carboxylic acids is 1. The van der Waals surface area contributed by atoms with Crippen LogP contribution in [0.1, 0.15) is 5.56 Å². The van der Waals surface area contributed by atoms with Gasteiger partial charge in [-0.2, -0.15) is 0 Å². The third-order valence-electron chi connectivity index (χ3n) is 4.01. The van der Waals surface area contributed by atoms with Gasteiger partial charge in [-0.05, 0) is 12.1 Å². The Bertz CT molecular complexity index is 786. The molecule has 6 nitrogen and oxygen atoms in total. The molecule has 1 aliphatic rings. The molecule has 0 aliphatic carbocycles. The molecule has 0 spiro atoms. The van der Waals surface area contributed by atoms with Gasteiger partial charge in [0.25, 0.3) is 0 Å². The molecule has 2 rings (SSSR count). The number of piperazine rings is 1. The van der Waals surface area contributed by atoms with Crippen LogP contribution in [0.4, 0.5) is 13.2 Å². The molecule has 0 unspecified atom stereocenters. The predicted molar refractivity (Wildman–Crippen MR) is 94.9 cm³/mol. The van der Waals surface area contributed by atoms with E-state index >= 15 is 0 Å². The average molecular weight is 406 g/mol. The third kappa shape index (κ3) is 7.59. The fourth-order valence-electron chi connectivity index (χ4n) is 2.59. The number of hydrogen-bond donors (Lipinski definition) is 0. The summed E-state index contributed by atoms with van der Waals surface area (Å²) in [5.41, 5.74) is 0.148. The quantitative estimate of drug-likeness (QED) is 0.674. The first kappa shape index (κ1) is 21.2. The first-order valence-corrected chi connectivity index (χ1v) is 10.3. The second-order valence-electron chi connectivity index (χ2n) is 6.22. The fourth-order valence-corrected chi connectivity index (χ4v) is 3.18. The molecule has 1 aromatic rings. The van der Waals surface area contributed by atoms with Crippen molar-refractivity contribution in [3.8, 4) is 5.75 Å². The van der Waals surface area contributed by atoms with Gasteiger partial charge in [-0.3, -0.25) is 9.69 Å². The van der Waals surface area contributed by atoms with E-state index in [9.17, 15) is 26.4 Å². The molecule has 1 aromatic carbocycles. The van der Waals surface area contributed by atoms with Crippen LogP contribution in [0.3, 0.4) is 0 Å². The maximum absolute atomic E-state index is 12.4. The Labute approximate surface area is 156 Å². The minimum Gasteiger partial charge on any atom is -0.405 e. The van der Waals surface area contributed by atoms with Gasteiger partial charge in [-0.25, -0.2) is 8.42 Å². The number of rotatable bonds is 6. The number of halogens is 3. The molecule has 0 N–H and O–H groups in total. The Morgan fingerprint density at radius 2 is 1.81 bits per heavy atom. The molecular formula is C17H21F3N2O4S. The highest BCUT2D eigenvalue weighted by Crippen LogP contribution is 2.27. The van der Waals surface area contributed by atoms with Crippen molar-refractivity contribution in [2.45, 2.75) is 6.36 Å². The van der Waals surface area contributed by atoms with E-state index in [1.165, 1.54) is 36.6 Å². The Morgan fingerprint density at radius 3 is 2.41 bits per heavy atom. The largest absolute Gasteiger partial charge is 0.573 e. The summed E-state index contributed by atoms with van der Waals surface area (Å²) in [6, 6.07) is 5.57. The Morgan fingerprint density at radius 1 is 1.19 bits per heavy atom. The number of benzene rings is 1. The smallest absolute Gasteiger partial charge is 0.405 e. The van der Waals surface area contributed by atoms with E-state index in [4.69, 9.17) is 0 Å². The lowest BCUT2D eigenvalue weighted by Gasteiger charge is -2.34. The van der Waals surface area contributed by atoms with Crippen LogP contribution in [0.5, 0.6) is 5.75 Å². The maximum atomic E-state index is 12.4. The van der Waals surface area contributed by atoms with E-state index in [1.54, 1.807) is 11.0 Å². The summed E-state index contributed by atoms with van der Waals surface area (Å²) in [4.78, 5) is 15.8. The maximum Gasteiger partial charge on any atom is 0.573 e. The fraction of sp³-hybridized carbons (Fsp3) is 0.471. The van der Waals surface area contributed by atoms with Crippen molar-refractivity contribution in [1.29, 1.82) is 0 Å². The number of sulfone groups is 1. The van der Waals surface area contributed by atoms with E-state index < -0.39 is 16.2 Å². The topological polar surface area (TPSA) is 66.9 Å². The van der Waals surface area contributed by atoms with Gasteiger partial charge in [-0.15, -0.1) is 13.2 Å². The monoisotopic (exact) mass is 406 g/mol. The number of hydrogen-bond acceptors (Lipinski definition) is 5.